The van der Waals surface area contributed by atoms with E-state index in [1.165, 1.54) is 43.3 Å². The van der Waals surface area contributed by atoms with E-state index in [4.69, 9.17) is 4.84 Å². The molecular formula is C27H20F9N3O3. The molecule has 0 fully saturated rings. The number of carbonyl (C=O) groups is 2. The van der Waals surface area contributed by atoms with Gasteiger partial charge < -0.3 is 15.5 Å². The summed E-state index contributed by atoms with van der Waals surface area (Å²) in [6, 6.07) is 10.4. The largest absolute Gasteiger partial charge is 0.435 e. The highest BCUT2D eigenvalue weighted by Crippen LogP contribution is 2.50. The summed E-state index contributed by atoms with van der Waals surface area (Å²) in [6.07, 6.45) is -15.7. The maximum Gasteiger partial charge on any atom is 0.435 e. The quantitative estimate of drug-likeness (QED) is 0.331. The summed E-state index contributed by atoms with van der Waals surface area (Å²) in [5.74, 6) is -1.96. The molecule has 0 bridgehead atoms. The molecule has 0 spiro atoms. The summed E-state index contributed by atoms with van der Waals surface area (Å²) in [4.78, 5) is 29.3. The van der Waals surface area contributed by atoms with E-state index >= 15 is 0 Å². The number of benzene rings is 3. The molecule has 0 saturated carbocycles. The molecule has 1 aliphatic rings. The number of aryl methyl sites for hydroxylation is 1. The molecule has 15 heteroatoms. The van der Waals surface area contributed by atoms with Gasteiger partial charge in [-0.3, -0.25) is 9.59 Å². The van der Waals surface area contributed by atoms with Crippen molar-refractivity contribution in [2.45, 2.75) is 37.5 Å². The van der Waals surface area contributed by atoms with Crippen molar-refractivity contribution in [2.24, 2.45) is 5.16 Å². The van der Waals surface area contributed by atoms with Crippen molar-refractivity contribution >= 4 is 28.3 Å². The Morgan fingerprint density at radius 2 is 1.57 bits per heavy atom. The number of oxime groups is 1. The molecule has 6 nitrogen and oxygen atoms in total. The van der Waals surface area contributed by atoms with Crippen molar-refractivity contribution in [3.05, 3.63) is 82.4 Å². The molecule has 0 radical (unpaired) electrons. The first-order chi connectivity index (χ1) is 19.4. The SMILES string of the molecule is Cc1cc(C(F)(F)F)cc(C2(C(F)(F)F)CC(c3ccc(C(=O)NCC(=O)NCC(F)(F)F)c4ccccc34)=NO2)c1. The van der Waals surface area contributed by atoms with Crippen molar-refractivity contribution in [1.29, 1.82) is 0 Å². The monoisotopic (exact) mass is 605 g/mol. The lowest BCUT2D eigenvalue weighted by molar-refractivity contribution is -0.276. The van der Waals surface area contributed by atoms with Crippen LogP contribution in [0.15, 0.2) is 59.8 Å². The van der Waals surface area contributed by atoms with E-state index in [2.05, 4.69) is 10.5 Å². The normalized spacial score (nSPS) is 17.5. The topological polar surface area (TPSA) is 79.8 Å². The van der Waals surface area contributed by atoms with Gasteiger partial charge in [-0.05, 0) is 35.9 Å². The van der Waals surface area contributed by atoms with Gasteiger partial charge in [0.25, 0.3) is 11.5 Å². The van der Waals surface area contributed by atoms with Gasteiger partial charge in [0.1, 0.15) is 6.54 Å². The maximum atomic E-state index is 14.5. The van der Waals surface area contributed by atoms with Gasteiger partial charge in [0.15, 0.2) is 0 Å². The Bertz CT molecular complexity index is 1560. The number of hydrogen-bond acceptors (Lipinski definition) is 4. The van der Waals surface area contributed by atoms with E-state index in [1.54, 1.807) is 5.32 Å². The standard InChI is InChI=1S/C27H20F9N3O3/c1-14-8-15(10-16(9-14)26(31,32)33)24(27(34,35)36)11-21(39-42-24)19-6-7-20(18-5-3-2-4-17(18)19)23(41)37-12-22(40)38-13-25(28,29)30/h2-10H,11-13H2,1H3,(H,37,41)(H,38,40). The second-order valence-electron chi connectivity index (χ2n) is 9.50. The summed E-state index contributed by atoms with van der Waals surface area (Å²) < 4.78 is 121. The summed E-state index contributed by atoms with van der Waals surface area (Å²) >= 11 is 0. The van der Waals surface area contributed by atoms with Gasteiger partial charge in [0.2, 0.25) is 5.91 Å². The first-order valence-corrected chi connectivity index (χ1v) is 12.1. The predicted octanol–water partition coefficient (Wildman–Crippen LogP) is 6.16. The molecule has 1 heterocycles. The highest BCUT2D eigenvalue weighted by Gasteiger charge is 2.62. The first kappa shape index (κ1) is 30.7. The molecule has 4 rings (SSSR count). The maximum absolute atomic E-state index is 14.5. The smallest absolute Gasteiger partial charge is 0.374 e. The van der Waals surface area contributed by atoms with E-state index < -0.39 is 66.6 Å². The Morgan fingerprint density at radius 1 is 0.905 bits per heavy atom. The van der Waals surface area contributed by atoms with E-state index in [9.17, 15) is 49.1 Å². The number of amides is 2. The highest BCUT2D eigenvalue weighted by atomic mass is 19.4. The Labute approximate surface area is 231 Å². The van der Waals surface area contributed by atoms with Gasteiger partial charge in [-0.1, -0.05) is 47.1 Å². The lowest BCUT2D eigenvalue weighted by Gasteiger charge is -2.30. The minimum atomic E-state index is -5.18. The molecule has 2 N–H and O–H groups in total. The van der Waals surface area contributed by atoms with Crippen LogP contribution in [-0.4, -0.2) is 43.0 Å². The van der Waals surface area contributed by atoms with E-state index in [1.807, 2.05) is 0 Å². The van der Waals surface area contributed by atoms with Gasteiger partial charge in [0.05, 0.1) is 17.8 Å². The molecule has 3 aromatic rings. The Balaban J connectivity index is 1.65. The van der Waals surface area contributed by atoms with Crippen molar-refractivity contribution in [3.63, 3.8) is 0 Å². The van der Waals surface area contributed by atoms with Crippen LogP contribution >= 0.6 is 0 Å². The average Bonchev–Trinajstić information content (AvgIpc) is 3.36. The van der Waals surface area contributed by atoms with Crippen molar-refractivity contribution in [3.8, 4) is 0 Å². The number of alkyl halides is 9. The molecule has 2 amide bonds. The van der Waals surface area contributed by atoms with E-state index in [0.29, 0.717) is 12.1 Å². The summed E-state index contributed by atoms with van der Waals surface area (Å²) in [5, 5.41) is 7.82. The van der Waals surface area contributed by atoms with Crippen molar-refractivity contribution in [1.82, 2.24) is 10.6 Å². The molecular weight excluding hydrogens is 585 g/mol. The second-order valence-corrected chi connectivity index (χ2v) is 9.50. The molecule has 0 aromatic heterocycles. The molecule has 0 aliphatic carbocycles. The molecule has 224 valence electrons. The number of fused-ring (bicyclic) bond motifs is 1. The minimum absolute atomic E-state index is 0.0481. The lowest BCUT2D eigenvalue weighted by atomic mass is 9.84. The number of halogens is 9. The van der Waals surface area contributed by atoms with Crippen LogP contribution in [0.1, 0.15) is 39.0 Å². The van der Waals surface area contributed by atoms with Gasteiger partial charge in [-0.15, -0.1) is 0 Å². The predicted molar refractivity (Wildman–Crippen MR) is 131 cm³/mol. The van der Waals surface area contributed by atoms with Crippen LogP contribution in [0.3, 0.4) is 0 Å². The zero-order valence-corrected chi connectivity index (χ0v) is 21.4. The molecule has 0 saturated heterocycles. The van der Waals surface area contributed by atoms with Crippen molar-refractivity contribution < 1.29 is 53.9 Å². The van der Waals surface area contributed by atoms with Crippen molar-refractivity contribution in [2.75, 3.05) is 13.1 Å². The average molecular weight is 605 g/mol. The molecule has 1 aliphatic heterocycles. The van der Waals surface area contributed by atoms with Crippen LogP contribution in [-0.2, 0) is 21.4 Å². The van der Waals surface area contributed by atoms with Gasteiger partial charge in [0, 0.05) is 23.1 Å². The van der Waals surface area contributed by atoms with Crippen LogP contribution in [0.2, 0.25) is 0 Å². The summed E-state index contributed by atoms with van der Waals surface area (Å²) in [6.45, 7) is -1.16. The lowest BCUT2D eigenvalue weighted by Crippen LogP contribution is -2.43. The Kier molecular flexibility index (Phi) is 7.91. The second kappa shape index (κ2) is 10.8. The third kappa shape index (κ3) is 6.29. The molecule has 42 heavy (non-hydrogen) atoms. The van der Waals surface area contributed by atoms with Gasteiger partial charge >= 0.3 is 18.5 Å². The third-order valence-electron chi connectivity index (χ3n) is 6.43. The Morgan fingerprint density at radius 3 is 2.19 bits per heavy atom. The zero-order chi connectivity index (χ0) is 31.1. The molecule has 1 unspecified atom stereocenters. The van der Waals surface area contributed by atoms with E-state index in [0.717, 1.165) is 6.07 Å². The number of nitrogens with zero attached hydrogens (tertiary/aromatic N) is 1. The fourth-order valence-corrected chi connectivity index (χ4v) is 4.49. The van der Waals surface area contributed by atoms with Gasteiger partial charge in [-0.25, -0.2) is 0 Å². The van der Waals surface area contributed by atoms with Crippen LogP contribution in [0.5, 0.6) is 0 Å². The number of rotatable bonds is 6. The van der Waals surface area contributed by atoms with Crippen LogP contribution < -0.4 is 10.6 Å². The number of hydrogen-bond donors (Lipinski definition) is 2. The van der Waals surface area contributed by atoms with E-state index in [-0.39, 0.29) is 33.2 Å². The minimum Gasteiger partial charge on any atom is -0.374 e. The summed E-state index contributed by atoms with van der Waals surface area (Å²) in [7, 11) is 0. The fourth-order valence-electron chi connectivity index (χ4n) is 4.49. The fraction of sp³-hybridized carbons (Fsp3) is 0.296. The van der Waals surface area contributed by atoms with Gasteiger partial charge in [-0.2, -0.15) is 39.5 Å². The number of nitrogens with one attached hydrogen (secondary N) is 2. The first-order valence-electron chi connectivity index (χ1n) is 12.1. The molecule has 1 atom stereocenters. The zero-order valence-electron chi connectivity index (χ0n) is 21.4. The highest BCUT2D eigenvalue weighted by molar-refractivity contribution is 6.16. The third-order valence-corrected chi connectivity index (χ3v) is 6.43. The number of carbonyl (C=O) groups excluding carboxylic acids is 2. The molecule has 3 aromatic carbocycles. The van der Waals surface area contributed by atoms with Crippen LogP contribution in [0, 0.1) is 6.92 Å². The summed E-state index contributed by atoms with van der Waals surface area (Å²) in [5.41, 5.74) is -5.58. The van der Waals surface area contributed by atoms with Crippen LogP contribution in [0.25, 0.3) is 10.8 Å². The van der Waals surface area contributed by atoms with Crippen LogP contribution in [0.4, 0.5) is 39.5 Å². The Hall–Kier alpha value is -4.30.